The lowest BCUT2D eigenvalue weighted by Crippen LogP contribution is -2.31. The number of rotatable bonds is 9. The highest BCUT2D eigenvalue weighted by molar-refractivity contribution is 4.42. The summed E-state index contributed by atoms with van der Waals surface area (Å²) in [5, 5.41) is 3.71. The zero-order valence-corrected chi connectivity index (χ0v) is 9.95. The molecule has 0 aliphatic heterocycles. The zero-order chi connectivity index (χ0) is 10.8. The van der Waals surface area contributed by atoms with Crippen molar-refractivity contribution in [3.8, 4) is 0 Å². The van der Waals surface area contributed by atoms with Gasteiger partial charge < -0.3 is 0 Å². The first-order valence-electron chi connectivity index (χ1n) is 5.38. The zero-order valence-electron chi connectivity index (χ0n) is 9.95. The summed E-state index contributed by atoms with van der Waals surface area (Å²) in [6.45, 7) is 7.50. The van der Waals surface area contributed by atoms with E-state index in [1.807, 2.05) is 24.2 Å². The first-order valence-corrected chi connectivity index (χ1v) is 5.38. The SMILES string of the molecule is CCCON(C)CCN(C)OCCC. The number of hydrogen-bond donors (Lipinski definition) is 0. The molecule has 0 atom stereocenters. The molecule has 14 heavy (non-hydrogen) atoms. The molecule has 0 aliphatic carbocycles. The van der Waals surface area contributed by atoms with Crippen molar-refractivity contribution in [1.29, 1.82) is 0 Å². The molecule has 0 saturated carbocycles. The molecular weight excluding hydrogens is 180 g/mol. The van der Waals surface area contributed by atoms with E-state index in [2.05, 4.69) is 13.8 Å². The van der Waals surface area contributed by atoms with Gasteiger partial charge in [-0.05, 0) is 12.8 Å². The summed E-state index contributed by atoms with van der Waals surface area (Å²) in [5.74, 6) is 0. The minimum Gasteiger partial charge on any atom is -0.299 e. The van der Waals surface area contributed by atoms with Crippen LogP contribution >= 0.6 is 0 Å². The molecule has 0 amide bonds. The van der Waals surface area contributed by atoms with Crippen LogP contribution in [0.15, 0.2) is 0 Å². The molecule has 0 heterocycles. The summed E-state index contributed by atoms with van der Waals surface area (Å²) in [6, 6.07) is 0. The van der Waals surface area contributed by atoms with Crippen molar-refractivity contribution in [3.63, 3.8) is 0 Å². The van der Waals surface area contributed by atoms with E-state index in [1.54, 1.807) is 0 Å². The summed E-state index contributed by atoms with van der Waals surface area (Å²) in [6.07, 6.45) is 2.10. The van der Waals surface area contributed by atoms with Crippen LogP contribution in [-0.4, -0.2) is 50.5 Å². The lowest BCUT2D eigenvalue weighted by atomic mass is 10.5. The third-order valence-corrected chi connectivity index (χ3v) is 1.76. The molecule has 0 aliphatic rings. The van der Waals surface area contributed by atoms with E-state index in [0.717, 1.165) is 39.1 Å². The Morgan fingerprint density at radius 1 is 0.786 bits per heavy atom. The van der Waals surface area contributed by atoms with Crippen LogP contribution in [0.2, 0.25) is 0 Å². The largest absolute Gasteiger partial charge is 0.299 e. The lowest BCUT2D eigenvalue weighted by molar-refractivity contribution is -0.178. The third kappa shape index (κ3) is 8.44. The molecule has 0 radical (unpaired) electrons. The van der Waals surface area contributed by atoms with Gasteiger partial charge in [-0.15, -0.1) is 0 Å². The van der Waals surface area contributed by atoms with Crippen molar-refractivity contribution in [2.75, 3.05) is 40.4 Å². The Morgan fingerprint density at radius 3 is 1.43 bits per heavy atom. The maximum absolute atomic E-state index is 5.40. The first kappa shape index (κ1) is 13.8. The van der Waals surface area contributed by atoms with Crippen LogP contribution in [-0.2, 0) is 9.68 Å². The second-order valence-electron chi connectivity index (χ2n) is 3.37. The van der Waals surface area contributed by atoms with E-state index in [4.69, 9.17) is 9.68 Å². The lowest BCUT2D eigenvalue weighted by Gasteiger charge is -2.20. The van der Waals surface area contributed by atoms with Crippen LogP contribution < -0.4 is 0 Å². The molecule has 0 unspecified atom stereocenters. The van der Waals surface area contributed by atoms with Crippen molar-refractivity contribution >= 4 is 0 Å². The van der Waals surface area contributed by atoms with Gasteiger partial charge in [0, 0.05) is 27.2 Å². The molecule has 4 heteroatoms. The van der Waals surface area contributed by atoms with E-state index >= 15 is 0 Å². The summed E-state index contributed by atoms with van der Waals surface area (Å²) in [4.78, 5) is 10.8. The molecule has 0 aromatic carbocycles. The fraction of sp³-hybridized carbons (Fsp3) is 1.00. The number of likely N-dealkylation sites (N-methyl/N-ethyl adjacent to an activating group) is 2. The predicted octanol–water partition coefficient (Wildman–Crippen LogP) is 1.53. The van der Waals surface area contributed by atoms with Crippen LogP contribution in [0, 0.1) is 0 Å². The van der Waals surface area contributed by atoms with E-state index in [9.17, 15) is 0 Å². The average Bonchev–Trinajstić information content (AvgIpc) is 2.20. The van der Waals surface area contributed by atoms with Crippen molar-refractivity contribution in [1.82, 2.24) is 10.1 Å². The van der Waals surface area contributed by atoms with Crippen LogP contribution in [0.1, 0.15) is 26.7 Å². The summed E-state index contributed by atoms with van der Waals surface area (Å²) in [7, 11) is 3.90. The Kier molecular flexibility index (Phi) is 9.29. The first-order chi connectivity index (χ1) is 6.70. The molecule has 0 aromatic rings. The summed E-state index contributed by atoms with van der Waals surface area (Å²) >= 11 is 0. The molecule has 0 saturated heterocycles. The molecule has 0 rings (SSSR count). The van der Waals surface area contributed by atoms with Crippen LogP contribution in [0.3, 0.4) is 0 Å². The Morgan fingerprint density at radius 2 is 1.14 bits per heavy atom. The highest BCUT2D eigenvalue weighted by Crippen LogP contribution is 1.91. The predicted molar refractivity (Wildman–Crippen MR) is 57.7 cm³/mol. The molecule has 86 valence electrons. The van der Waals surface area contributed by atoms with E-state index in [0.29, 0.717) is 0 Å². The van der Waals surface area contributed by atoms with Gasteiger partial charge in [0.05, 0.1) is 13.2 Å². The van der Waals surface area contributed by atoms with Crippen molar-refractivity contribution in [2.24, 2.45) is 0 Å². The van der Waals surface area contributed by atoms with Gasteiger partial charge in [-0.3, -0.25) is 9.68 Å². The minimum absolute atomic E-state index is 0.788. The molecule has 0 fully saturated rings. The second kappa shape index (κ2) is 9.40. The van der Waals surface area contributed by atoms with E-state index < -0.39 is 0 Å². The monoisotopic (exact) mass is 204 g/mol. The standard InChI is InChI=1S/C10H24N2O2/c1-5-9-13-11(3)7-8-12(4)14-10-6-2/h5-10H2,1-4H3. The highest BCUT2D eigenvalue weighted by atomic mass is 16.7. The fourth-order valence-corrected chi connectivity index (χ4v) is 0.905. The maximum Gasteiger partial charge on any atom is 0.0682 e. The third-order valence-electron chi connectivity index (χ3n) is 1.76. The Balaban J connectivity index is 3.31. The van der Waals surface area contributed by atoms with Gasteiger partial charge in [0.15, 0.2) is 0 Å². The maximum atomic E-state index is 5.40. The van der Waals surface area contributed by atoms with E-state index in [-0.39, 0.29) is 0 Å². The van der Waals surface area contributed by atoms with Crippen LogP contribution in [0.5, 0.6) is 0 Å². The smallest absolute Gasteiger partial charge is 0.0682 e. The molecule has 0 N–H and O–H groups in total. The number of nitrogens with zero attached hydrogens (tertiary/aromatic N) is 2. The molecular formula is C10H24N2O2. The van der Waals surface area contributed by atoms with Gasteiger partial charge in [0.1, 0.15) is 0 Å². The quantitative estimate of drug-likeness (QED) is 0.532. The molecule has 0 spiro atoms. The van der Waals surface area contributed by atoms with Crippen LogP contribution in [0.25, 0.3) is 0 Å². The van der Waals surface area contributed by atoms with Gasteiger partial charge in [-0.25, -0.2) is 0 Å². The number of hydrogen-bond acceptors (Lipinski definition) is 4. The fourth-order valence-electron chi connectivity index (χ4n) is 0.905. The topological polar surface area (TPSA) is 24.9 Å². The van der Waals surface area contributed by atoms with Crippen molar-refractivity contribution < 1.29 is 9.68 Å². The minimum atomic E-state index is 0.788. The summed E-state index contributed by atoms with van der Waals surface area (Å²) in [5.41, 5.74) is 0. The number of hydroxylamine groups is 4. The van der Waals surface area contributed by atoms with E-state index in [1.165, 1.54) is 0 Å². The Bertz CT molecular complexity index is 109. The van der Waals surface area contributed by atoms with Gasteiger partial charge in [0.2, 0.25) is 0 Å². The van der Waals surface area contributed by atoms with Crippen molar-refractivity contribution in [3.05, 3.63) is 0 Å². The van der Waals surface area contributed by atoms with Crippen LogP contribution in [0.4, 0.5) is 0 Å². The van der Waals surface area contributed by atoms with Gasteiger partial charge in [-0.1, -0.05) is 13.8 Å². The van der Waals surface area contributed by atoms with Gasteiger partial charge in [-0.2, -0.15) is 10.1 Å². The Hall–Kier alpha value is -0.160. The molecule has 4 nitrogen and oxygen atoms in total. The average molecular weight is 204 g/mol. The highest BCUT2D eigenvalue weighted by Gasteiger charge is 2.01. The molecule has 0 bridgehead atoms. The molecule has 0 aromatic heterocycles. The normalized spacial score (nSPS) is 11.6. The second-order valence-corrected chi connectivity index (χ2v) is 3.37. The van der Waals surface area contributed by atoms with Gasteiger partial charge in [0.25, 0.3) is 0 Å². The summed E-state index contributed by atoms with van der Waals surface area (Å²) < 4.78 is 0. The Labute approximate surface area is 87.7 Å². The van der Waals surface area contributed by atoms with Crippen molar-refractivity contribution in [2.45, 2.75) is 26.7 Å². The van der Waals surface area contributed by atoms with Gasteiger partial charge >= 0.3 is 0 Å².